The third-order valence-electron chi connectivity index (χ3n) is 2.52. The Morgan fingerprint density at radius 2 is 2.00 bits per heavy atom. The summed E-state index contributed by atoms with van der Waals surface area (Å²) in [6.07, 6.45) is 0.721. The molecule has 17 heavy (non-hydrogen) atoms. The molecule has 0 bridgehead atoms. The number of benzene rings is 1. The lowest BCUT2D eigenvalue weighted by atomic mass is 10.1. The molecular formula is C13H16N2O2. The molecule has 2 rings (SSSR count). The van der Waals surface area contributed by atoms with Gasteiger partial charge in [0, 0.05) is 6.42 Å². The fourth-order valence-corrected chi connectivity index (χ4v) is 1.68. The van der Waals surface area contributed by atoms with E-state index < -0.39 is 0 Å². The van der Waals surface area contributed by atoms with Crippen LogP contribution in [0.5, 0.6) is 5.75 Å². The van der Waals surface area contributed by atoms with Crippen LogP contribution < -0.4 is 10.5 Å². The van der Waals surface area contributed by atoms with Gasteiger partial charge in [0.15, 0.2) is 0 Å². The van der Waals surface area contributed by atoms with Crippen LogP contribution in [0.2, 0.25) is 0 Å². The van der Waals surface area contributed by atoms with Gasteiger partial charge in [0.05, 0.1) is 12.3 Å². The second-order valence-electron chi connectivity index (χ2n) is 3.81. The zero-order valence-corrected chi connectivity index (χ0v) is 10.1. The summed E-state index contributed by atoms with van der Waals surface area (Å²) in [4.78, 5) is 4.14. The van der Waals surface area contributed by atoms with Crippen LogP contribution in [0.25, 0.3) is 0 Å². The number of hydrogen-bond acceptors (Lipinski definition) is 4. The molecule has 4 heteroatoms. The molecule has 90 valence electrons. The minimum atomic E-state index is 0.225. The van der Waals surface area contributed by atoms with Crippen LogP contribution in [-0.2, 0) is 6.42 Å². The Bertz CT molecular complexity index is 489. The van der Waals surface area contributed by atoms with E-state index in [0.29, 0.717) is 6.61 Å². The second kappa shape index (κ2) is 4.91. The number of aromatic nitrogens is 1. The fraction of sp³-hybridized carbons (Fsp3) is 0.308. The van der Waals surface area contributed by atoms with Crippen LogP contribution in [0.15, 0.2) is 28.7 Å². The smallest absolute Gasteiger partial charge is 0.292 e. The van der Waals surface area contributed by atoms with Crippen LogP contribution in [0, 0.1) is 6.92 Å². The zero-order valence-electron chi connectivity index (χ0n) is 10.1. The maximum Gasteiger partial charge on any atom is 0.292 e. The van der Waals surface area contributed by atoms with Crippen LogP contribution in [-0.4, -0.2) is 11.6 Å². The van der Waals surface area contributed by atoms with Gasteiger partial charge in [0.25, 0.3) is 6.01 Å². The normalized spacial score (nSPS) is 10.5. The van der Waals surface area contributed by atoms with E-state index in [9.17, 15) is 0 Å². The van der Waals surface area contributed by atoms with E-state index in [4.69, 9.17) is 14.9 Å². The van der Waals surface area contributed by atoms with Crippen LogP contribution in [0.3, 0.4) is 0 Å². The average molecular weight is 232 g/mol. The van der Waals surface area contributed by atoms with Gasteiger partial charge in [0.1, 0.15) is 11.5 Å². The van der Waals surface area contributed by atoms with E-state index in [1.165, 1.54) is 0 Å². The minimum Gasteiger partial charge on any atom is -0.494 e. The summed E-state index contributed by atoms with van der Waals surface area (Å²) in [5.41, 5.74) is 7.54. The first-order valence-electron chi connectivity index (χ1n) is 5.62. The van der Waals surface area contributed by atoms with E-state index in [0.717, 1.165) is 29.2 Å². The lowest BCUT2D eigenvalue weighted by Crippen LogP contribution is -1.94. The summed E-state index contributed by atoms with van der Waals surface area (Å²) < 4.78 is 10.6. The molecule has 0 aliphatic heterocycles. The summed E-state index contributed by atoms with van der Waals surface area (Å²) in [6.45, 7) is 4.51. The summed E-state index contributed by atoms with van der Waals surface area (Å²) in [5.74, 6) is 1.66. The van der Waals surface area contributed by atoms with Crippen molar-refractivity contribution in [2.45, 2.75) is 20.3 Å². The number of rotatable bonds is 4. The van der Waals surface area contributed by atoms with Crippen molar-refractivity contribution in [1.82, 2.24) is 4.98 Å². The number of hydrogen-bond donors (Lipinski definition) is 1. The van der Waals surface area contributed by atoms with E-state index >= 15 is 0 Å². The van der Waals surface area contributed by atoms with Gasteiger partial charge in [-0.25, -0.2) is 0 Å². The van der Waals surface area contributed by atoms with Crippen molar-refractivity contribution < 1.29 is 9.15 Å². The number of ether oxygens (including phenoxy) is 1. The molecule has 1 aromatic heterocycles. The van der Waals surface area contributed by atoms with Gasteiger partial charge in [-0.05, 0) is 31.5 Å². The van der Waals surface area contributed by atoms with Crippen molar-refractivity contribution in [2.24, 2.45) is 0 Å². The Morgan fingerprint density at radius 1 is 1.29 bits per heavy atom. The predicted octanol–water partition coefficient (Wildman–Crippen LogP) is 2.55. The highest BCUT2D eigenvalue weighted by molar-refractivity contribution is 5.31. The quantitative estimate of drug-likeness (QED) is 0.880. The number of nitrogens with two attached hydrogens (primary N) is 1. The van der Waals surface area contributed by atoms with Gasteiger partial charge >= 0.3 is 0 Å². The topological polar surface area (TPSA) is 61.3 Å². The van der Waals surface area contributed by atoms with Crippen molar-refractivity contribution in [3.8, 4) is 5.75 Å². The molecule has 0 atom stereocenters. The number of oxazole rings is 1. The Labute approximate surface area is 100 Å². The molecule has 0 amide bonds. The zero-order chi connectivity index (χ0) is 12.3. The SMILES string of the molecule is CCOc1ccc(Cc2nc(N)oc2C)cc1. The van der Waals surface area contributed by atoms with Crippen molar-refractivity contribution in [3.05, 3.63) is 41.3 Å². The number of aryl methyl sites for hydroxylation is 1. The van der Waals surface area contributed by atoms with Crippen molar-refractivity contribution >= 4 is 6.01 Å². The van der Waals surface area contributed by atoms with Crippen molar-refractivity contribution in [1.29, 1.82) is 0 Å². The Kier molecular flexibility index (Phi) is 3.32. The lowest BCUT2D eigenvalue weighted by molar-refractivity contribution is 0.340. The Balaban J connectivity index is 2.11. The average Bonchev–Trinajstić information content (AvgIpc) is 2.61. The van der Waals surface area contributed by atoms with Gasteiger partial charge < -0.3 is 14.9 Å². The molecule has 0 spiro atoms. The van der Waals surface area contributed by atoms with Crippen LogP contribution in [0.4, 0.5) is 6.01 Å². The summed E-state index contributed by atoms with van der Waals surface area (Å²) in [7, 11) is 0. The Morgan fingerprint density at radius 3 is 2.53 bits per heavy atom. The van der Waals surface area contributed by atoms with E-state index in [1.807, 2.05) is 38.1 Å². The third kappa shape index (κ3) is 2.78. The first kappa shape index (κ1) is 11.5. The molecule has 2 aromatic rings. The van der Waals surface area contributed by atoms with Gasteiger partial charge in [-0.1, -0.05) is 12.1 Å². The molecule has 0 fully saturated rings. The fourth-order valence-electron chi connectivity index (χ4n) is 1.68. The molecule has 0 radical (unpaired) electrons. The molecule has 0 aliphatic carbocycles. The molecule has 1 aromatic carbocycles. The summed E-state index contributed by atoms with van der Waals surface area (Å²) in [5, 5.41) is 0. The van der Waals surface area contributed by atoms with E-state index in [-0.39, 0.29) is 6.01 Å². The van der Waals surface area contributed by atoms with Crippen molar-refractivity contribution in [2.75, 3.05) is 12.3 Å². The third-order valence-corrected chi connectivity index (χ3v) is 2.52. The number of anilines is 1. The highest BCUT2D eigenvalue weighted by atomic mass is 16.5. The summed E-state index contributed by atoms with van der Waals surface area (Å²) in [6, 6.07) is 8.18. The number of nitrogen functional groups attached to an aromatic ring is 1. The minimum absolute atomic E-state index is 0.225. The van der Waals surface area contributed by atoms with Gasteiger partial charge in [0.2, 0.25) is 0 Å². The standard InChI is InChI=1S/C13H16N2O2/c1-3-16-11-6-4-10(5-7-11)8-12-9(2)17-13(14)15-12/h4-7H,3,8H2,1-2H3,(H2,14,15). The Hall–Kier alpha value is -1.97. The predicted molar refractivity (Wildman–Crippen MR) is 66.1 cm³/mol. The van der Waals surface area contributed by atoms with Crippen LogP contribution >= 0.6 is 0 Å². The monoisotopic (exact) mass is 232 g/mol. The molecule has 4 nitrogen and oxygen atoms in total. The molecule has 2 N–H and O–H groups in total. The van der Waals surface area contributed by atoms with Crippen molar-refractivity contribution in [3.63, 3.8) is 0 Å². The molecule has 0 saturated carbocycles. The molecule has 0 aliphatic rings. The van der Waals surface area contributed by atoms with Gasteiger partial charge in [-0.3, -0.25) is 0 Å². The highest BCUT2D eigenvalue weighted by Crippen LogP contribution is 2.18. The van der Waals surface area contributed by atoms with E-state index in [1.54, 1.807) is 0 Å². The maximum absolute atomic E-state index is 5.50. The van der Waals surface area contributed by atoms with Gasteiger partial charge in [-0.15, -0.1) is 0 Å². The van der Waals surface area contributed by atoms with Gasteiger partial charge in [-0.2, -0.15) is 4.98 Å². The highest BCUT2D eigenvalue weighted by Gasteiger charge is 2.07. The second-order valence-corrected chi connectivity index (χ2v) is 3.81. The maximum atomic E-state index is 5.50. The van der Waals surface area contributed by atoms with Crippen LogP contribution in [0.1, 0.15) is 23.9 Å². The first-order chi connectivity index (χ1) is 8.19. The molecule has 1 heterocycles. The first-order valence-corrected chi connectivity index (χ1v) is 5.62. The molecule has 0 saturated heterocycles. The summed E-state index contributed by atoms with van der Waals surface area (Å²) >= 11 is 0. The molecular weight excluding hydrogens is 216 g/mol. The largest absolute Gasteiger partial charge is 0.494 e. The number of nitrogens with zero attached hydrogens (tertiary/aromatic N) is 1. The van der Waals surface area contributed by atoms with E-state index in [2.05, 4.69) is 4.98 Å². The lowest BCUT2D eigenvalue weighted by Gasteiger charge is -2.04. The molecule has 0 unspecified atom stereocenters.